The lowest BCUT2D eigenvalue weighted by Crippen LogP contribution is -2.40. The third-order valence-electron chi connectivity index (χ3n) is 6.45. The summed E-state index contributed by atoms with van der Waals surface area (Å²) >= 11 is 0. The first-order valence-corrected chi connectivity index (χ1v) is 12.3. The van der Waals surface area contributed by atoms with Gasteiger partial charge in [-0.2, -0.15) is 13.2 Å². The Morgan fingerprint density at radius 2 is 1.76 bits per heavy atom. The number of aromatic nitrogens is 3. The van der Waals surface area contributed by atoms with Crippen molar-refractivity contribution < 1.29 is 32.5 Å². The second-order valence-corrected chi connectivity index (χ2v) is 9.13. The van der Waals surface area contributed by atoms with Crippen molar-refractivity contribution in [2.45, 2.75) is 44.1 Å². The van der Waals surface area contributed by atoms with Crippen LogP contribution in [-0.2, 0) is 15.7 Å². The number of ether oxygens (including phenoxy) is 3. The Bertz CT molecular complexity index is 1350. The zero-order valence-corrected chi connectivity index (χ0v) is 20.1. The van der Waals surface area contributed by atoms with Gasteiger partial charge in [-0.15, -0.1) is 0 Å². The van der Waals surface area contributed by atoms with Crippen molar-refractivity contribution in [3.8, 4) is 17.0 Å². The first kappa shape index (κ1) is 25.4. The van der Waals surface area contributed by atoms with Crippen molar-refractivity contribution in [1.29, 1.82) is 0 Å². The molecule has 2 N–H and O–H groups in total. The second-order valence-electron chi connectivity index (χ2n) is 9.13. The minimum Gasteiger partial charge on any atom is -0.474 e. The Morgan fingerprint density at radius 3 is 2.57 bits per heavy atom. The number of nitrogens with zero attached hydrogens (tertiary/aromatic N) is 2. The molecule has 1 saturated carbocycles. The summed E-state index contributed by atoms with van der Waals surface area (Å²) in [6, 6.07) is 8.43. The largest absolute Gasteiger partial charge is 0.474 e. The fourth-order valence-electron chi connectivity index (χ4n) is 4.42. The third kappa shape index (κ3) is 5.87. The summed E-state index contributed by atoms with van der Waals surface area (Å²) in [6.07, 6.45) is 2.18. The van der Waals surface area contributed by atoms with E-state index in [4.69, 9.17) is 19.3 Å². The van der Waals surface area contributed by atoms with Crippen molar-refractivity contribution in [2.24, 2.45) is 0 Å². The van der Waals surface area contributed by atoms with Gasteiger partial charge in [0, 0.05) is 85.2 Å². The molecule has 0 spiro atoms. The quantitative estimate of drug-likeness (QED) is 0.256. The van der Waals surface area contributed by atoms with Crippen molar-refractivity contribution in [3.05, 3.63) is 54.5 Å². The lowest BCUT2D eigenvalue weighted by molar-refractivity contribution is -0.140. The highest BCUT2D eigenvalue weighted by Crippen LogP contribution is 2.40. The Kier molecular flexibility index (Phi) is 7.59. The molecule has 1 aliphatic rings. The van der Waals surface area contributed by atoms with Crippen LogP contribution in [0.25, 0.3) is 32.9 Å². The summed E-state index contributed by atoms with van der Waals surface area (Å²) in [5.41, 5.74) is 1.81. The maximum atomic E-state index is 13.9. The van der Waals surface area contributed by atoms with Gasteiger partial charge < -0.3 is 24.3 Å². The number of H-pyrrole nitrogens is 1. The molecular formula is C27H28F3N3O4. The van der Waals surface area contributed by atoms with Gasteiger partial charge >= 0.3 is 6.18 Å². The Labute approximate surface area is 211 Å². The molecule has 3 aromatic heterocycles. The number of aromatic amines is 1. The highest BCUT2D eigenvalue weighted by molar-refractivity contribution is 6.07. The molecule has 1 aliphatic carbocycles. The van der Waals surface area contributed by atoms with Gasteiger partial charge in [-0.3, -0.25) is 4.98 Å². The number of benzene rings is 1. The zero-order chi connectivity index (χ0) is 25.8. The molecule has 0 saturated heterocycles. The highest BCUT2D eigenvalue weighted by atomic mass is 19.4. The number of hydrogen-bond donors (Lipinski definition) is 2. The summed E-state index contributed by atoms with van der Waals surface area (Å²) in [5, 5.41) is 10.6. The Morgan fingerprint density at radius 1 is 0.919 bits per heavy atom. The van der Waals surface area contributed by atoms with Crippen molar-refractivity contribution in [1.82, 2.24) is 15.0 Å². The minimum absolute atomic E-state index is 0.0470. The van der Waals surface area contributed by atoms with Crippen LogP contribution in [0.3, 0.4) is 0 Å². The van der Waals surface area contributed by atoms with Crippen LogP contribution in [0.2, 0.25) is 0 Å². The molecule has 0 aliphatic heterocycles. The number of fused-ring (bicyclic) bond motifs is 3. The molecule has 3 heterocycles. The normalized spacial score (nSPS) is 17.8. The molecule has 0 radical (unpaired) electrons. The van der Waals surface area contributed by atoms with E-state index in [1.54, 1.807) is 18.5 Å². The van der Waals surface area contributed by atoms with Gasteiger partial charge in [-0.1, -0.05) is 12.1 Å². The number of halogens is 3. The van der Waals surface area contributed by atoms with Crippen LogP contribution < -0.4 is 4.74 Å². The third-order valence-corrected chi connectivity index (χ3v) is 6.45. The van der Waals surface area contributed by atoms with Crippen LogP contribution in [0.4, 0.5) is 13.2 Å². The first-order chi connectivity index (χ1) is 17.9. The molecule has 0 atom stereocenters. The van der Waals surface area contributed by atoms with E-state index in [-0.39, 0.29) is 18.8 Å². The SMILES string of the molecule is OCCCOCCCOC1CC(Oc2ncc(-c3ccc4c(c3)[nH]c3ccncc34)cc2C(F)(F)F)C1. The van der Waals surface area contributed by atoms with Crippen molar-refractivity contribution in [3.63, 3.8) is 0 Å². The van der Waals surface area contributed by atoms with E-state index >= 15 is 0 Å². The molecule has 10 heteroatoms. The van der Waals surface area contributed by atoms with Crippen LogP contribution in [0.5, 0.6) is 5.88 Å². The van der Waals surface area contributed by atoms with Crippen LogP contribution >= 0.6 is 0 Å². The van der Waals surface area contributed by atoms with Crippen LogP contribution in [0.1, 0.15) is 31.2 Å². The van der Waals surface area contributed by atoms with Gasteiger partial charge in [0.25, 0.3) is 0 Å². The number of aliphatic hydroxyl groups is 1. The van der Waals surface area contributed by atoms with Crippen LogP contribution in [-0.4, -0.2) is 58.7 Å². The van der Waals surface area contributed by atoms with Crippen molar-refractivity contribution >= 4 is 21.8 Å². The maximum Gasteiger partial charge on any atom is 0.421 e. The Hall–Kier alpha value is -3.21. The second kappa shape index (κ2) is 11.0. The number of rotatable bonds is 11. The van der Waals surface area contributed by atoms with Gasteiger partial charge in [0.15, 0.2) is 0 Å². The van der Waals surface area contributed by atoms with Gasteiger partial charge in [0.05, 0.1) is 6.10 Å². The van der Waals surface area contributed by atoms with Crippen LogP contribution in [0.15, 0.2) is 48.9 Å². The standard InChI is InChI=1S/C27H28F3N3O4/c28-27(29,30)23-11-18(17-3-4-21-22-16-31-6-5-24(22)33-25(21)12-17)15-32-26(23)37-20-13-19(14-20)36-10-2-9-35-8-1-7-34/h3-6,11-12,15-16,19-20,33-34H,1-2,7-10,13-14H2. The van der Waals surface area contributed by atoms with E-state index in [9.17, 15) is 13.2 Å². The number of nitrogens with one attached hydrogen (secondary N) is 1. The van der Waals surface area contributed by atoms with E-state index in [0.29, 0.717) is 50.2 Å². The number of pyridine rings is 2. The fourth-order valence-corrected chi connectivity index (χ4v) is 4.42. The zero-order valence-electron chi connectivity index (χ0n) is 20.1. The van der Waals surface area contributed by atoms with Gasteiger partial charge in [-0.05, 0) is 36.6 Å². The highest BCUT2D eigenvalue weighted by Gasteiger charge is 2.39. The topological polar surface area (TPSA) is 89.5 Å². The maximum absolute atomic E-state index is 13.9. The average molecular weight is 516 g/mol. The van der Waals surface area contributed by atoms with Gasteiger partial charge in [0.2, 0.25) is 5.88 Å². The summed E-state index contributed by atoms with van der Waals surface area (Å²) in [6.45, 7) is 1.67. The molecule has 1 fully saturated rings. The van der Waals surface area contributed by atoms with Crippen LogP contribution in [0, 0.1) is 0 Å². The molecular weight excluding hydrogens is 487 g/mol. The molecule has 4 aromatic rings. The lowest BCUT2D eigenvalue weighted by Gasteiger charge is -2.35. The summed E-state index contributed by atoms with van der Waals surface area (Å²) in [4.78, 5) is 11.5. The van der Waals surface area contributed by atoms with E-state index in [2.05, 4.69) is 15.0 Å². The minimum atomic E-state index is -4.61. The molecule has 0 unspecified atom stereocenters. The molecule has 0 bridgehead atoms. The summed E-state index contributed by atoms with van der Waals surface area (Å²) < 4.78 is 58.5. The molecule has 7 nitrogen and oxygen atoms in total. The van der Waals surface area contributed by atoms with E-state index in [1.165, 1.54) is 6.20 Å². The number of hydrogen-bond acceptors (Lipinski definition) is 6. The monoisotopic (exact) mass is 515 g/mol. The molecule has 0 amide bonds. The predicted octanol–water partition coefficient (Wildman–Crippen LogP) is 5.51. The van der Waals surface area contributed by atoms with Gasteiger partial charge in [0.1, 0.15) is 11.7 Å². The molecule has 196 valence electrons. The lowest BCUT2D eigenvalue weighted by atomic mass is 9.92. The molecule has 1 aromatic carbocycles. The fraction of sp³-hybridized carbons (Fsp3) is 0.407. The molecule has 5 rings (SSSR count). The van der Waals surface area contributed by atoms with E-state index < -0.39 is 17.6 Å². The number of alkyl halides is 3. The predicted molar refractivity (Wildman–Crippen MR) is 132 cm³/mol. The summed E-state index contributed by atoms with van der Waals surface area (Å²) in [7, 11) is 0. The first-order valence-electron chi connectivity index (χ1n) is 12.3. The molecule has 37 heavy (non-hydrogen) atoms. The number of aliphatic hydroxyl groups excluding tert-OH is 1. The van der Waals surface area contributed by atoms with E-state index in [0.717, 1.165) is 34.3 Å². The van der Waals surface area contributed by atoms with Gasteiger partial charge in [-0.25, -0.2) is 4.98 Å². The summed E-state index contributed by atoms with van der Waals surface area (Å²) in [5.74, 6) is -0.408. The Balaban J connectivity index is 1.23. The smallest absolute Gasteiger partial charge is 0.421 e. The van der Waals surface area contributed by atoms with Crippen molar-refractivity contribution in [2.75, 3.05) is 26.4 Å². The average Bonchev–Trinajstić information content (AvgIpc) is 3.23. The van der Waals surface area contributed by atoms with E-state index in [1.807, 2.05) is 18.2 Å².